The van der Waals surface area contributed by atoms with Crippen molar-refractivity contribution in [3.05, 3.63) is 43.0 Å². The molecule has 114 valence electrons. The summed E-state index contributed by atoms with van der Waals surface area (Å²) in [5, 5.41) is 3.52. The van der Waals surface area contributed by atoms with E-state index >= 15 is 0 Å². The van der Waals surface area contributed by atoms with Crippen molar-refractivity contribution in [1.82, 2.24) is 5.32 Å². The minimum Gasteiger partial charge on any atom is -0.497 e. The molecule has 1 unspecified atom stereocenters. The second-order valence-corrected chi connectivity index (χ2v) is 8.17. The summed E-state index contributed by atoms with van der Waals surface area (Å²) in [6.45, 7) is 2.96. The van der Waals surface area contributed by atoms with Crippen LogP contribution in [0, 0.1) is 0 Å². The highest BCUT2D eigenvalue weighted by molar-refractivity contribution is 9.12. The van der Waals surface area contributed by atoms with Crippen LogP contribution in [0.5, 0.6) is 11.5 Å². The number of rotatable bonds is 6. The van der Waals surface area contributed by atoms with Crippen LogP contribution >= 0.6 is 43.2 Å². The predicted octanol–water partition coefficient (Wildman–Crippen LogP) is 4.99. The summed E-state index contributed by atoms with van der Waals surface area (Å²) in [6, 6.07) is 8.16. The number of hydrogen-bond donors (Lipinski definition) is 1. The van der Waals surface area contributed by atoms with Gasteiger partial charge in [-0.3, -0.25) is 0 Å². The first-order chi connectivity index (χ1) is 10.1. The molecule has 2 rings (SSSR count). The van der Waals surface area contributed by atoms with Gasteiger partial charge >= 0.3 is 0 Å². The molecule has 3 nitrogen and oxygen atoms in total. The van der Waals surface area contributed by atoms with Crippen LogP contribution in [-0.4, -0.2) is 20.8 Å². The quantitative estimate of drug-likeness (QED) is 0.694. The molecule has 0 aliphatic heterocycles. The lowest BCUT2D eigenvalue weighted by molar-refractivity contribution is 0.392. The van der Waals surface area contributed by atoms with Gasteiger partial charge in [0, 0.05) is 6.07 Å². The lowest BCUT2D eigenvalue weighted by atomic mass is 10.0. The Balaban J connectivity index is 2.49. The van der Waals surface area contributed by atoms with Gasteiger partial charge in [-0.25, -0.2) is 0 Å². The third-order valence-electron chi connectivity index (χ3n) is 3.11. The fourth-order valence-electron chi connectivity index (χ4n) is 2.16. The van der Waals surface area contributed by atoms with E-state index in [9.17, 15) is 0 Å². The van der Waals surface area contributed by atoms with E-state index in [-0.39, 0.29) is 6.04 Å². The molecule has 1 N–H and O–H groups in total. The van der Waals surface area contributed by atoms with Crippen LogP contribution in [0.25, 0.3) is 0 Å². The van der Waals surface area contributed by atoms with Gasteiger partial charge in [-0.15, -0.1) is 11.3 Å². The van der Waals surface area contributed by atoms with E-state index in [1.807, 2.05) is 18.2 Å². The average molecular weight is 435 g/mol. The van der Waals surface area contributed by atoms with Crippen LogP contribution in [0.3, 0.4) is 0 Å². The number of benzene rings is 1. The van der Waals surface area contributed by atoms with Gasteiger partial charge in [0.2, 0.25) is 0 Å². The zero-order valence-electron chi connectivity index (χ0n) is 12.1. The molecule has 0 saturated carbocycles. The topological polar surface area (TPSA) is 30.5 Å². The van der Waals surface area contributed by atoms with E-state index in [1.165, 1.54) is 5.56 Å². The van der Waals surface area contributed by atoms with Crippen LogP contribution in [0.4, 0.5) is 0 Å². The normalized spacial score (nSPS) is 12.2. The zero-order chi connectivity index (χ0) is 15.4. The molecule has 1 heterocycles. The summed E-state index contributed by atoms with van der Waals surface area (Å²) in [7, 11) is 3.33. The second-order valence-electron chi connectivity index (χ2n) is 4.42. The largest absolute Gasteiger partial charge is 0.497 e. The van der Waals surface area contributed by atoms with Crippen molar-refractivity contribution in [2.75, 3.05) is 20.8 Å². The van der Waals surface area contributed by atoms with Crippen molar-refractivity contribution in [2.45, 2.75) is 13.0 Å². The van der Waals surface area contributed by atoms with E-state index in [0.29, 0.717) is 0 Å². The summed E-state index contributed by atoms with van der Waals surface area (Å²) in [6.07, 6.45) is 0. The van der Waals surface area contributed by atoms with Crippen LogP contribution in [0.2, 0.25) is 0 Å². The standard InChI is InChI=1S/C15H17Br2NO2S/c1-4-18-14(12-8-13(16)21-15(12)17)9-5-10(19-2)7-11(6-9)20-3/h5-8,14,18H,4H2,1-3H3. The van der Waals surface area contributed by atoms with Gasteiger partial charge in [-0.05, 0) is 67.7 Å². The van der Waals surface area contributed by atoms with Crippen molar-refractivity contribution in [2.24, 2.45) is 0 Å². The summed E-state index contributed by atoms with van der Waals surface area (Å²) >= 11 is 8.85. The third kappa shape index (κ3) is 4.00. The minimum atomic E-state index is 0.0796. The molecule has 0 saturated heterocycles. The fraction of sp³-hybridized carbons (Fsp3) is 0.333. The van der Waals surface area contributed by atoms with Gasteiger partial charge < -0.3 is 14.8 Å². The molecular formula is C15H17Br2NO2S. The summed E-state index contributed by atoms with van der Waals surface area (Å²) in [4.78, 5) is 0. The lowest BCUT2D eigenvalue weighted by Gasteiger charge is -2.20. The maximum Gasteiger partial charge on any atom is 0.122 e. The first kappa shape index (κ1) is 16.8. The van der Waals surface area contributed by atoms with Crippen LogP contribution in [0.15, 0.2) is 31.8 Å². The molecule has 0 radical (unpaired) electrons. The minimum absolute atomic E-state index is 0.0796. The molecule has 21 heavy (non-hydrogen) atoms. The molecule has 0 aliphatic rings. The highest BCUT2D eigenvalue weighted by atomic mass is 79.9. The van der Waals surface area contributed by atoms with Crippen LogP contribution in [-0.2, 0) is 0 Å². The summed E-state index contributed by atoms with van der Waals surface area (Å²) in [5.41, 5.74) is 2.31. The molecular weight excluding hydrogens is 418 g/mol. The average Bonchev–Trinajstić information content (AvgIpc) is 2.82. The van der Waals surface area contributed by atoms with Gasteiger partial charge in [0.25, 0.3) is 0 Å². The number of hydrogen-bond acceptors (Lipinski definition) is 4. The highest BCUT2D eigenvalue weighted by Crippen LogP contribution is 2.39. The van der Waals surface area contributed by atoms with Gasteiger partial charge in [0.1, 0.15) is 11.5 Å². The summed E-state index contributed by atoms with van der Waals surface area (Å²) < 4.78 is 13.0. The van der Waals surface area contributed by atoms with E-state index in [4.69, 9.17) is 9.47 Å². The molecule has 6 heteroatoms. The monoisotopic (exact) mass is 433 g/mol. The van der Waals surface area contributed by atoms with E-state index < -0.39 is 0 Å². The van der Waals surface area contributed by atoms with Crippen LogP contribution < -0.4 is 14.8 Å². The zero-order valence-corrected chi connectivity index (χ0v) is 16.1. The van der Waals surface area contributed by atoms with Crippen molar-refractivity contribution in [1.29, 1.82) is 0 Å². The number of halogens is 2. The fourth-order valence-corrected chi connectivity index (χ4v) is 5.06. The first-order valence-electron chi connectivity index (χ1n) is 6.50. The number of nitrogens with one attached hydrogen (secondary N) is 1. The van der Waals surface area contributed by atoms with E-state index in [0.717, 1.165) is 31.2 Å². The van der Waals surface area contributed by atoms with Crippen molar-refractivity contribution in [3.63, 3.8) is 0 Å². The lowest BCUT2D eigenvalue weighted by Crippen LogP contribution is -2.22. The van der Waals surface area contributed by atoms with Gasteiger partial charge in [0.05, 0.1) is 27.8 Å². The SMILES string of the molecule is CCNC(c1cc(OC)cc(OC)c1)c1cc(Br)sc1Br. The van der Waals surface area contributed by atoms with Gasteiger partial charge in [-0.1, -0.05) is 6.92 Å². The maximum absolute atomic E-state index is 5.37. The van der Waals surface area contributed by atoms with E-state index in [2.05, 4.69) is 50.2 Å². The van der Waals surface area contributed by atoms with Crippen LogP contribution in [0.1, 0.15) is 24.1 Å². The maximum atomic E-state index is 5.37. The Morgan fingerprint density at radius 2 is 1.71 bits per heavy atom. The number of thiophene rings is 1. The molecule has 0 spiro atoms. The number of methoxy groups -OCH3 is 2. The molecule has 0 bridgehead atoms. The van der Waals surface area contributed by atoms with Crippen molar-refractivity contribution in [3.8, 4) is 11.5 Å². The van der Waals surface area contributed by atoms with Crippen molar-refractivity contribution < 1.29 is 9.47 Å². The Kier molecular flexibility index (Phi) is 6.10. The number of ether oxygens (including phenoxy) is 2. The Morgan fingerprint density at radius 1 is 1.10 bits per heavy atom. The van der Waals surface area contributed by atoms with Gasteiger partial charge in [-0.2, -0.15) is 0 Å². The third-order valence-corrected chi connectivity index (χ3v) is 5.50. The molecule has 1 aromatic carbocycles. The Hall–Kier alpha value is -0.560. The highest BCUT2D eigenvalue weighted by Gasteiger charge is 2.20. The smallest absolute Gasteiger partial charge is 0.122 e. The molecule has 0 aliphatic carbocycles. The molecule has 2 aromatic rings. The van der Waals surface area contributed by atoms with Crippen molar-refractivity contribution >= 4 is 43.2 Å². The summed E-state index contributed by atoms with van der Waals surface area (Å²) in [5.74, 6) is 1.58. The molecule has 0 fully saturated rings. The Morgan fingerprint density at radius 3 is 2.14 bits per heavy atom. The van der Waals surface area contributed by atoms with E-state index in [1.54, 1.807) is 25.6 Å². The predicted molar refractivity (Wildman–Crippen MR) is 94.8 cm³/mol. The molecule has 1 atom stereocenters. The second kappa shape index (κ2) is 7.63. The molecule has 0 amide bonds. The molecule has 1 aromatic heterocycles. The van der Waals surface area contributed by atoms with Gasteiger partial charge in [0.15, 0.2) is 0 Å². The Bertz CT molecular complexity index is 593. The Labute approximate surface area is 145 Å². The first-order valence-corrected chi connectivity index (χ1v) is 8.90.